The van der Waals surface area contributed by atoms with Crippen LogP contribution in [0.4, 0.5) is 0 Å². The summed E-state index contributed by atoms with van der Waals surface area (Å²) in [6.07, 6.45) is 2.40. The van der Waals surface area contributed by atoms with Gasteiger partial charge < -0.3 is 15.4 Å². The van der Waals surface area contributed by atoms with Gasteiger partial charge in [-0.1, -0.05) is 26.7 Å². The summed E-state index contributed by atoms with van der Waals surface area (Å²) < 4.78 is 5.36. The second-order valence-corrected chi connectivity index (χ2v) is 5.28. The summed E-state index contributed by atoms with van der Waals surface area (Å²) in [6, 6.07) is 0. The fraction of sp³-hybridized carbons (Fsp3) is 0.933. The lowest BCUT2D eigenvalue weighted by molar-refractivity contribution is 0.0389. The minimum absolute atomic E-state index is 0. The molecule has 2 N–H and O–H groups in total. The molecule has 6 heteroatoms. The Bertz CT molecular complexity index is 266. The van der Waals surface area contributed by atoms with Gasteiger partial charge in [-0.25, -0.2) is 0 Å². The summed E-state index contributed by atoms with van der Waals surface area (Å²) in [6.45, 7) is 14.2. The Morgan fingerprint density at radius 2 is 1.81 bits per heavy atom. The maximum Gasteiger partial charge on any atom is 0.191 e. The van der Waals surface area contributed by atoms with Crippen LogP contribution in [0.2, 0.25) is 0 Å². The average Bonchev–Trinajstić information content (AvgIpc) is 2.49. The third kappa shape index (κ3) is 9.52. The van der Waals surface area contributed by atoms with E-state index in [4.69, 9.17) is 4.74 Å². The first-order valence-corrected chi connectivity index (χ1v) is 8.12. The molecule has 0 radical (unpaired) electrons. The van der Waals surface area contributed by atoms with Gasteiger partial charge in [-0.05, 0) is 12.8 Å². The first-order chi connectivity index (χ1) is 9.80. The molecular formula is C15H33IN4O. The molecule has 1 saturated heterocycles. The van der Waals surface area contributed by atoms with Gasteiger partial charge in [0, 0.05) is 39.3 Å². The summed E-state index contributed by atoms with van der Waals surface area (Å²) in [5.74, 6) is 1.65. The molecule has 126 valence electrons. The van der Waals surface area contributed by atoms with Gasteiger partial charge in [0.2, 0.25) is 0 Å². The van der Waals surface area contributed by atoms with Crippen molar-refractivity contribution >= 4 is 29.9 Å². The summed E-state index contributed by atoms with van der Waals surface area (Å²) in [7, 11) is 0. The van der Waals surface area contributed by atoms with Crippen LogP contribution in [-0.4, -0.2) is 63.3 Å². The van der Waals surface area contributed by atoms with E-state index in [2.05, 4.69) is 41.3 Å². The van der Waals surface area contributed by atoms with Crippen molar-refractivity contribution in [1.29, 1.82) is 0 Å². The van der Waals surface area contributed by atoms with E-state index in [1.807, 2.05) is 0 Å². The van der Waals surface area contributed by atoms with Crippen molar-refractivity contribution in [3.05, 3.63) is 0 Å². The number of ether oxygens (including phenoxy) is 1. The largest absolute Gasteiger partial charge is 0.379 e. The van der Waals surface area contributed by atoms with Crippen molar-refractivity contribution in [2.24, 2.45) is 10.9 Å². The lowest BCUT2D eigenvalue weighted by Gasteiger charge is -2.26. The van der Waals surface area contributed by atoms with Crippen LogP contribution >= 0.6 is 24.0 Å². The number of halogens is 1. The van der Waals surface area contributed by atoms with Crippen LogP contribution in [0.15, 0.2) is 4.99 Å². The van der Waals surface area contributed by atoms with Gasteiger partial charge in [0.15, 0.2) is 5.96 Å². The third-order valence-corrected chi connectivity index (χ3v) is 3.83. The van der Waals surface area contributed by atoms with E-state index < -0.39 is 0 Å². The summed E-state index contributed by atoms with van der Waals surface area (Å²) >= 11 is 0. The highest BCUT2D eigenvalue weighted by atomic mass is 127. The molecule has 0 aliphatic carbocycles. The molecule has 1 aliphatic rings. The van der Waals surface area contributed by atoms with Gasteiger partial charge in [-0.15, -0.1) is 24.0 Å². The molecule has 0 atom stereocenters. The minimum Gasteiger partial charge on any atom is -0.379 e. The lowest BCUT2D eigenvalue weighted by Crippen LogP contribution is -2.44. The van der Waals surface area contributed by atoms with E-state index in [9.17, 15) is 0 Å². The molecule has 1 heterocycles. The molecule has 0 bridgehead atoms. The number of nitrogens with one attached hydrogen (secondary N) is 2. The van der Waals surface area contributed by atoms with Gasteiger partial charge in [-0.2, -0.15) is 0 Å². The summed E-state index contributed by atoms with van der Waals surface area (Å²) in [4.78, 5) is 7.12. The molecular weight excluding hydrogens is 379 g/mol. The van der Waals surface area contributed by atoms with Crippen LogP contribution in [0.3, 0.4) is 0 Å². The molecule has 1 rings (SSSR count). The van der Waals surface area contributed by atoms with Crippen LogP contribution < -0.4 is 10.6 Å². The van der Waals surface area contributed by atoms with Crippen molar-refractivity contribution in [1.82, 2.24) is 15.5 Å². The highest BCUT2D eigenvalue weighted by molar-refractivity contribution is 14.0. The van der Waals surface area contributed by atoms with E-state index in [1.54, 1.807) is 0 Å². The molecule has 1 aliphatic heterocycles. The van der Waals surface area contributed by atoms with Crippen LogP contribution in [0.25, 0.3) is 0 Å². The Balaban J connectivity index is 0.00000400. The quantitative estimate of drug-likeness (QED) is 0.364. The smallest absolute Gasteiger partial charge is 0.191 e. The number of guanidine groups is 1. The zero-order valence-electron chi connectivity index (χ0n) is 13.9. The molecule has 0 saturated carbocycles. The number of hydrogen-bond donors (Lipinski definition) is 2. The molecule has 21 heavy (non-hydrogen) atoms. The molecule has 0 amide bonds. The topological polar surface area (TPSA) is 48.9 Å². The molecule has 5 nitrogen and oxygen atoms in total. The summed E-state index contributed by atoms with van der Waals surface area (Å²) in [5, 5.41) is 6.75. The van der Waals surface area contributed by atoms with E-state index in [-0.39, 0.29) is 24.0 Å². The highest BCUT2D eigenvalue weighted by Gasteiger charge is 2.09. The van der Waals surface area contributed by atoms with Crippen LogP contribution in [0.5, 0.6) is 0 Å². The maximum atomic E-state index is 5.36. The Hall–Kier alpha value is -0.0800. The number of nitrogens with zero attached hydrogens (tertiary/aromatic N) is 2. The van der Waals surface area contributed by atoms with Crippen molar-refractivity contribution in [2.45, 2.75) is 33.6 Å². The Morgan fingerprint density at radius 3 is 2.38 bits per heavy atom. The maximum absolute atomic E-state index is 5.36. The Kier molecular flexibility index (Phi) is 13.5. The number of aliphatic imine (C=N–C) groups is 1. The zero-order chi connectivity index (χ0) is 14.6. The fourth-order valence-electron chi connectivity index (χ4n) is 2.27. The number of hydrogen-bond acceptors (Lipinski definition) is 3. The van der Waals surface area contributed by atoms with Crippen molar-refractivity contribution in [2.75, 3.05) is 52.5 Å². The first-order valence-electron chi connectivity index (χ1n) is 8.12. The average molecular weight is 412 g/mol. The van der Waals surface area contributed by atoms with Crippen LogP contribution in [0, 0.1) is 5.92 Å². The van der Waals surface area contributed by atoms with Crippen molar-refractivity contribution < 1.29 is 4.74 Å². The van der Waals surface area contributed by atoms with Crippen molar-refractivity contribution in [3.8, 4) is 0 Å². The lowest BCUT2D eigenvalue weighted by atomic mass is 10.0. The second kappa shape index (κ2) is 13.6. The van der Waals surface area contributed by atoms with Gasteiger partial charge >= 0.3 is 0 Å². The van der Waals surface area contributed by atoms with Gasteiger partial charge in [0.25, 0.3) is 0 Å². The normalized spacial score (nSPS) is 16.7. The minimum atomic E-state index is 0. The van der Waals surface area contributed by atoms with E-state index >= 15 is 0 Å². The van der Waals surface area contributed by atoms with Crippen molar-refractivity contribution in [3.63, 3.8) is 0 Å². The predicted octanol–water partition coefficient (Wildman–Crippen LogP) is 1.93. The number of rotatable bonds is 8. The fourth-order valence-corrected chi connectivity index (χ4v) is 2.27. The third-order valence-electron chi connectivity index (χ3n) is 3.83. The summed E-state index contributed by atoms with van der Waals surface area (Å²) in [5.41, 5.74) is 0. The molecule has 1 fully saturated rings. The van der Waals surface area contributed by atoms with Gasteiger partial charge in [0.05, 0.1) is 13.2 Å². The molecule has 0 aromatic carbocycles. The second-order valence-electron chi connectivity index (χ2n) is 5.28. The van der Waals surface area contributed by atoms with Crippen LogP contribution in [0.1, 0.15) is 33.6 Å². The monoisotopic (exact) mass is 412 g/mol. The molecule has 0 aromatic heterocycles. The van der Waals surface area contributed by atoms with Gasteiger partial charge in [-0.3, -0.25) is 9.89 Å². The molecule has 0 aromatic rings. The van der Waals surface area contributed by atoms with E-state index in [1.165, 1.54) is 12.8 Å². The standard InChI is InChI=1S/C15H32N4O.HI/c1-4-14(5-2)13-18-15(16-6-3)17-7-8-19-9-11-20-12-10-19;/h14H,4-13H2,1-3H3,(H2,16,17,18);1H. The van der Waals surface area contributed by atoms with E-state index in [0.717, 1.165) is 58.4 Å². The Labute approximate surface area is 147 Å². The van der Waals surface area contributed by atoms with Crippen LogP contribution in [-0.2, 0) is 4.74 Å². The van der Waals surface area contributed by atoms with Gasteiger partial charge in [0.1, 0.15) is 0 Å². The highest BCUT2D eigenvalue weighted by Crippen LogP contribution is 2.07. The predicted molar refractivity (Wildman–Crippen MR) is 101 cm³/mol. The Morgan fingerprint density at radius 1 is 1.14 bits per heavy atom. The zero-order valence-corrected chi connectivity index (χ0v) is 16.2. The SMILES string of the molecule is CCNC(=NCC(CC)CC)NCCN1CCOCC1.I. The molecule has 0 spiro atoms. The van der Waals surface area contributed by atoms with E-state index in [0.29, 0.717) is 5.92 Å². The first kappa shape index (κ1) is 20.9. The molecule has 0 unspecified atom stereocenters. The number of morpholine rings is 1.